The second-order valence-electron chi connectivity index (χ2n) is 5.36. The Kier molecular flexibility index (Phi) is 6.14. The van der Waals surface area contributed by atoms with Crippen molar-refractivity contribution in [2.24, 2.45) is 5.92 Å². The van der Waals surface area contributed by atoms with Gasteiger partial charge in [-0.1, -0.05) is 18.5 Å². The minimum absolute atomic E-state index is 0.273. The SMILES string of the molecule is CCCNC(CC1CCOC1)c1cc(Cl)ccc1OC. The van der Waals surface area contributed by atoms with Crippen molar-refractivity contribution in [2.75, 3.05) is 26.9 Å². The fourth-order valence-electron chi connectivity index (χ4n) is 2.72. The van der Waals surface area contributed by atoms with Crippen molar-refractivity contribution < 1.29 is 9.47 Å². The number of rotatable bonds is 7. The van der Waals surface area contributed by atoms with Gasteiger partial charge >= 0.3 is 0 Å². The summed E-state index contributed by atoms with van der Waals surface area (Å²) in [5.41, 5.74) is 1.15. The van der Waals surface area contributed by atoms with Crippen molar-refractivity contribution in [1.29, 1.82) is 0 Å². The molecule has 0 amide bonds. The average molecular weight is 298 g/mol. The Balaban J connectivity index is 2.17. The maximum atomic E-state index is 6.16. The molecule has 1 heterocycles. The van der Waals surface area contributed by atoms with Crippen molar-refractivity contribution in [3.63, 3.8) is 0 Å². The zero-order valence-corrected chi connectivity index (χ0v) is 13.1. The Morgan fingerprint density at radius 1 is 1.50 bits per heavy atom. The fraction of sp³-hybridized carbons (Fsp3) is 0.625. The molecule has 3 nitrogen and oxygen atoms in total. The van der Waals surface area contributed by atoms with Crippen LogP contribution >= 0.6 is 11.6 Å². The highest BCUT2D eigenvalue weighted by Gasteiger charge is 2.23. The van der Waals surface area contributed by atoms with Gasteiger partial charge < -0.3 is 14.8 Å². The first-order valence-electron chi connectivity index (χ1n) is 7.39. The van der Waals surface area contributed by atoms with Gasteiger partial charge in [-0.15, -0.1) is 0 Å². The van der Waals surface area contributed by atoms with E-state index >= 15 is 0 Å². The van der Waals surface area contributed by atoms with Crippen LogP contribution in [-0.2, 0) is 4.74 Å². The standard InChI is InChI=1S/C16H24ClNO2/c1-3-7-18-15(9-12-6-8-20-11-12)14-10-13(17)4-5-16(14)19-2/h4-5,10,12,15,18H,3,6-9,11H2,1-2H3. The van der Waals surface area contributed by atoms with Crippen LogP contribution in [0.2, 0.25) is 5.02 Å². The number of benzene rings is 1. The van der Waals surface area contributed by atoms with Gasteiger partial charge in [-0.3, -0.25) is 0 Å². The second-order valence-corrected chi connectivity index (χ2v) is 5.79. The van der Waals surface area contributed by atoms with Gasteiger partial charge in [0.2, 0.25) is 0 Å². The van der Waals surface area contributed by atoms with Crippen LogP contribution in [0.1, 0.15) is 37.8 Å². The van der Waals surface area contributed by atoms with E-state index in [-0.39, 0.29) is 6.04 Å². The normalized spacial score (nSPS) is 20.1. The van der Waals surface area contributed by atoms with E-state index in [9.17, 15) is 0 Å². The fourth-order valence-corrected chi connectivity index (χ4v) is 2.90. The van der Waals surface area contributed by atoms with Crippen molar-refractivity contribution in [1.82, 2.24) is 5.32 Å². The van der Waals surface area contributed by atoms with Gasteiger partial charge in [-0.05, 0) is 49.9 Å². The second kappa shape index (κ2) is 7.87. The maximum Gasteiger partial charge on any atom is 0.123 e. The molecule has 2 rings (SSSR count). The summed E-state index contributed by atoms with van der Waals surface area (Å²) in [5, 5.41) is 4.38. The van der Waals surface area contributed by atoms with Gasteiger partial charge in [0.05, 0.1) is 7.11 Å². The Morgan fingerprint density at radius 2 is 2.35 bits per heavy atom. The molecular formula is C16H24ClNO2. The van der Waals surface area contributed by atoms with Gasteiger partial charge in [0.25, 0.3) is 0 Å². The number of nitrogens with one attached hydrogen (secondary N) is 1. The third kappa shape index (κ3) is 4.11. The quantitative estimate of drug-likeness (QED) is 0.830. The lowest BCUT2D eigenvalue weighted by Crippen LogP contribution is -2.25. The van der Waals surface area contributed by atoms with Crippen LogP contribution in [0.15, 0.2) is 18.2 Å². The number of hydrogen-bond donors (Lipinski definition) is 1. The van der Waals surface area contributed by atoms with E-state index in [1.54, 1.807) is 7.11 Å². The van der Waals surface area contributed by atoms with Gasteiger partial charge in [0, 0.05) is 29.8 Å². The molecule has 1 aliphatic rings. The van der Waals surface area contributed by atoms with Crippen LogP contribution in [0.3, 0.4) is 0 Å². The van der Waals surface area contributed by atoms with E-state index in [1.807, 2.05) is 18.2 Å². The van der Waals surface area contributed by atoms with Crippen LogP contribution in [-0.4, -0.2) is 26.9 Å². The summed E-state index contributed by atoms with van der Waals surface area (Å²) in [6, 6.07) is 6.11. The van der Waals surface area contributed by atoms with Gasteiger partial charge in [-0.2, -0.15) is 0 Å². The lowest BCUT2D eigenvalue weighted by Gasteiger charge is -2.24. The molecule has 1 aliphatic heterocycles. The number of hydrogen-bond acceptors (Lipinski definition) is 3. The maximum absolute atomic E-state index is 6.16. The molecule has 1 aromatic carbocycles. The first-order chi connectivity index (χ1) is 9.74. The summed E-state index contributed by atoms with van der Waals surface area (Å²) in [4.78, 5) is 0. The van der Waals surface area contributed by atoms with Crippen LogP contribution in [0.5, 0.6) is 5.75 Å². The van der Waals surface area contributed by atoms with E-state index < -0.39 is 0 Å². The largest absolute Gasteiger partial charge is 0.496 e. The molecular weight excluding hydrogens is 274 g/mol. The molecule has 2 unspecified atom stereocenters. The third-order valence-corrected chi connectivity index (χ3v) is 4.04. The molecule has 1 aromatic rings. The molecule has 1 N–H and O–H groups in total. The highest BCUT2D eigenvalue weighted by molar-refractivity contribution is 6.30. The minimum atomic E-state index is 0.273. The molecule has 4 heteroatoms. The molecule has 0 aliphatic carbocycles. The van der Waals surface area contributed by atoms with E-state index in [0.717, 1.165) is 55.4 Å². The predicted molar refractivity (Wildman–Crippen MR) is 82.6 cm³/mol. The summed E-state index contributed by atoms with van der Waals surface area (Å²) < 4.78 is 11.0. The van der Waals surface area contributed by atoms with Crippen LogP contribution in [0.25, 0.3) is 0 Å². The van der Waals surface area contributed by atoms with Crippen molar-refractivity contribution in [2.45, 2.75) is 32.2 Å². The Labute approximate surface area is 126 Å². The summed E-state index contributed by atoms with van der Waals surface area (Å²) in [6.07, 6.45) is 3.32. The van der Waals surface area contributed by atoms with Gasteiger partial charge in [0.1, 0.15) is 5.75 Å². The summed E-state index contributed by atoms with van der Waals surface area (Å²) >= 11 is 6.16. The average Bonchev–Trinajstić information content (AvgIpc) is 2.96. The number of halogens is 1. The lowest BCUT2D eigenvalue weighted by molar-refractivity contribution is 0.181. The van der Waals surface area contributed by atoms with Gasteiger partial charge in [0.15, 0.2) is 0 Å². The highest BCUT2D eigenvalue weighted by Crippen LogP contribution is 2.33. The zero-order chi connectivity index (χ0) is 14.4. The topological polar surface area (TPSA) is 30.5 Å². The monoisotopic (exact) mass is 297 g/mol. The molecule has 0 saturated carbocycles. The predicted octanol–water partition coefficient (Wildman–Crippen LogP) is 3.82. The zero-order valence-electron chi connectivity index (χ0n) is 12.3. The summed E-state index contributed by atoms with van der Waals surface area (Å²) in [5.74, 6) is 1.52. The molecule has 0 radical (unpaired) electrons. The first kappa shape index (κ1) is 15.6. The van der Waals surface area contributed by atoms with E-state index in [1.165, 1.54) is 0 Å². The van der Waals surface area contributed by atoms with E-state index in [0.29, 0.717) is 5.92 Å². The molecule has 1 saturated heterocycles. The Bertz CT molecular complexity index is 419. The number of methoxy groups -OCH3 is 1. The Hall–Kier alpha value is -0.770. The molecule has 112 valence electrons. The van der Waals surface area contributed by atoms with Crippen LogP contribution < -0.4 is 10.1 Å². The minimum Gasteiger partial charge on any atom is -0.496 e. The first-order valence-corrected chi connectivity index (χ1v) is 7.77. The van der Waals surface area contributed by atoms with Crippen molar-refractivity contribution >= 4 is 11.6 Å². The smallest absolute Gasteiger partial charge is 0.123 e. The van der Waals surface area contributed by atoms with Crippen LogP contribution in [0, 0.1) is 5.92 Å². The lowest BCUT2D eigenvalue weighted by atomic mass is 9.93. The van der Waals surface area contributed by atoms with E-state index in [4.69, 9.17) is 21.1 Å². The molecule has 0 spiro atoms. The molecule has 0 aromatic heterocycles. The molecule has 20 heavy (non-hydrogen) atoms. The summed E-state index contributed by atoms with van der Waals surface area (Å²) in [7, 11) is 1.71. The molecule has 2 atom stereocenters. The molecule has 1 fully saturated rings. The van der Waals surface area contributed by atoms with Gasteiger partial charge in [-0.25, -0.2) is 0 Å². The molecule has 0 bridgehead atoms. The highest BCUT2D eigenvalue weighted by atomic mass is 35.5. The van der Waals surface area contributed by atoms with Crippen molar-refractivity contribution in [3.8, 4) is 5.75 Å². The number of ether oxygens (including phenoxy) is 2. The van der Waals surface area contributed by atoms with Crippen molar-refractivity contribution in [3.05, 3.63) is 28.8 Å². The third-order valence-electron chi connectivity index (χ3n) is 3.80. The Morgan fingerprint density at radius 3 is 3.00 bits per heavy atom. The van der Waals surface area contributed by atoms with E-state index in [2.05, 4.69) is 12.2 Å². The van der Waals surface area contributed by atoms with Crippen LogP contribution in [0.4, 0.5) is 0 Å². The summed E-state index contributed by atoms with van der Waals surface area (Å²) in [6.45, 7) is 4.93.